The van der Waals surface area contributed by atoms with Gasteiger partial charge < -0.3 is 4.98 Å². The Morgan fingerprint density at radius 3 is 2.67 bits per heavy atom. The summed E-state index contributed by atoms with van der Waals surface area (Å²) < 4.78 is 0.461. The second kappa shape index (κ2) is 2.39. The molecule has 0 unspecified atom stereocenters. The van der Waals surface area contributed by atoms with Crippen LogP contribution in [-0.4, -0.2) is 12.8 Å². The molecule has 0 bridgehead atoms. The van der Waals surface area contributed by atoms with E-state index in [9.17, 15) is 4.79 Å². The van der Waals surface area contributed by atoms with Crippen molar-refractivity contribution in [2.24, 2.45) is 0 Å². The van der Waals surface area contributed by atoms with E-state index in [1.165, 1.54) is 6.20 Å². The predicted molar refractivity (Wildman–Crippen MR) is 40.2 cm³/mol. The Hall–Kier alpha value is -0.505. The first-order valence-electron chi connectivity index (χ1n) is 2.34. The van der Waals surface area contributed by atoms with Gasteiger partial charge in [-0.15, -0.1) is 0 Å². The molecule has 1 N–H and O–H groups in total. The molecule has 0 aromatic carbocycles. The highest BCUT2D eigenvalue weighted by Crippen LogP contribution is 1.95. The van der Waals surface area contributed by atoms with Gasteiger partial charge in [-0.25, -0.2) is 0 Å². The molecule has 1 heterocycles. The molecule has 0 fully saturated rings. The number of aromatic amines is 1. The zero-order chi connectivity index (χ0) is 6.85. The van der Waals surface area contributed by atoms with E-state index in [0.29, 0.717) is 4.47 Å². The number of nitrogens with one attached hydrogen (secondary N) is 1. The van der Waals surface area contributed by atoms with E-state index in [1.54, 1.807) is 6.20 Å². The fraction of sp³-hybridized carbons (Fsp3) is 0. The third-order valence-electron chi connectivity index (χ3n) is 0.928. The summed E-state index contributed by atoms with van der Waals surface area (Å²) in [7, 11) is 5.25. The summed E-state index contributed by atoms with van der Waals surface area (Å²) in [6.07, 6.45) is 2.99. The summed E-state index contributed by atoms with van der Waals surface area (Å²) in [5.41, 5.74) is 0.0538. The van der Waals surface area contributed by atoms with Gasteiger partial charge in [0.1, 0.15) is 7.85 Å². The van der Waals surface area contributed by atoms with Crippen molar-refractivity contribution in [1.82, 2.24) is 4.98 Å². The van der Waals surface area contributed by atoms with Crippen LogP contribution in [0.15, 0.2) is 21.7 Å². The van der Waals surface area contributed by atoms with E-state index in [4.69, 9.17) is 7.85 Å². The largest absolute Gasteiger partial charge is 0.367 e. The van der Waals surface area contributed by atoms with Crippen LogP contribution in [0.2, 0.25) is 0 Å². The van der Waals surface area contributed by atoms with Crippen LogP contribution < -0.4 is 10.9 Å². The van der Waals surface area contributed by atoms with Crippen LogP contribution >= 0.6 is 15.9 Å². The SMILES string of the molecule is [B]c1c[nH]cc(Br)c1=O. The molecule has 0 aliphatic rings. The standard InChI is InChI=1S/C5H3BBrNO/c6-3-1-8-2-4(7)5(3)9/h1-2H,(H,8,9). The molecule has 0 spiro atoms. The summed E-state index contributed by atoms with van der Waals surface area (Å²) in [6, 6.07) is 0. The van der Waals surface area contributed by atoms with E-state index in [0.717, 1.165) is 0 Å². The van der Waals surface area contributed by atoms with Gasteiger partial charge in [-0.2, -0.15) is 0 Å². The maximum absolute atomic E-state index is 10.8. The van der Waals surface area contributed by atoms with Gasteiger partial charge in [-0.05, 0) is 27.6 Å². The molecular formula is C5H3BBrNO. The van der Waals surface area contributed by atoms with Crippen molar-refractivity contribution in [1.29, 1.82) is 0 Å². The lowest BCUT2D eigenvalue weighted by Gasteiger charge is -1.89. The fourth-order valence-electron chi connectivity index (χ4n) is 0.474. The van der Waals surface area contributed by atoms with Crippen LogP contribution in [0, 0.1) is 0 Å². The van der Waals surface area contributed by atoms with Gasteiger partial charge in [0.25, 0.3) is 0 Å². The van der Waals surface area contributed by atoms with E-state index in [-0.39, 0.29) is 10.9 Å². The number of halogens is 1. The molecule has 9 heavy (non-hydrogen) atoms. The molecule has 0 saturated heterocycles. The molecule has 0 amide bonds. The molecule has 2 nitrogen and oxygen atoms in total. The Kier molecular flexibility index (Phi) is 1.76. The highest BCUT2D eigenvalue weighted by molar-refractivity contribution is 9.10. The molecule has 0 saturated carbocycles. The minimum Gasteiger partial charge on any atom is -0.367 e. The Labute approximate surface area is 61.8 Å². The lowest BCUT2D eigenvalue weighted by atomic mass is 9.99. The fourth-order valence-corrected chi connectivity index (χ4v) is 0.835. The van der Waals surface area contributed by atoms with E-state index >= 15 is 0 Å². The highest BCUT2D eigenvalue weighted by Gasteiger charge is 1.93. The molecule has 2 radical (unpaired) electrons. The molecular weight excluding hydrogens is 181 g/mol. The van der Waals surface area contributed by atoms with Gasteiger partial charge in [0.05, 0.1) is 4.47 Å². The van der Waals surface area contributed by atoms with E-state index in [2.05, 4.69) is 20.9 Å². The first kappa shape index (κ1) is 6.61. The maximum Gasteiger partial charge on any atom is 0.188 e. The van der Waals surface area contributed by atoms with E-state index in [1.807, 2.05) is 0 Å². The third-order valence-corrected chi connectivity index (χ3v) is 1.52. The van der Waals surface area contributed by atoms with Crippen LogP contribution in [0.3, 0.4) is 0 Å². The molecule has 1 aromatic heterocycles. The number of aromatic nitrogens is 1. The van der Waals surface area contributed by atoms with Crippen molar-refractivity contribution < 1.29 is 0 Å². The van der Waals surface area contributed by atoms with Gasteiger partial charge in [-0.3, -0.25) is 4.79 Å². The monoisotopic (exact) mass is 183 g/mol. The molecule has 1 aromatic rings. The number of pyridine rings is 1. The Morgan fingerprint density at radius 1 is 1.56 bits per heavy atom. The molecule has 4 heteroatoms. The lowest BCUT2D eigenvalue weighted by molar-refractivity contribution is 1.31. The normalized spacial score (nSPS) is 9.44. The van der Waals surface area contributed by atoms with Crippen molar-refractivity contribution in [2.45, 2.75) is 0 Å². The zero-order valence-electron chi connectivity index (χ0n) is 4.52. The van der Waals surface area contributed by atoms with Gasteiger partial charge >= 0.3 is 0 Å². The Bertz CT molecular complexity index is 247. The van der Waals surface area contributed by atoms with E-state index < -0.39 is 0 Å². The van der Waals surface area contributed by atoms with Gasteiger partial charge in [0.15, 0.2) is 5.43 Å². The van der Waals surface area contributed by atoms with Crippen LogP contribution in [0.25, 0.3) is 0 Å². The first-order valence-corrected chi connectivity index (χ1v) is 3.13. The number of rotatable bonds is 0. The summed E-state index contributed by atoms with van der Waals surface area (Å²) in [6.45, 7) is 0. The van der Waals surface area contributed by atoms with Crippen molar-refractivity contribution in [3.63, 3.8) is 0 Å². The predicted octanol–water partition coefficient (Wildman–Crippen LogP) is -0.0688. The summed E-state index contributed by atoms with van der Waals surface area (Å²) >= 11 is 3.02. The first-order chi connectivity index (χ1) is 4.22. The average molecular weight is 184 g/mol. The molecule has 1 rings (SSSR count). The Balaban J connectivity index is 3.43. The minimum atomic E-state index is -0.172. The van der Waals surface area contributed by atoms with Crippen molar-refractivity contribution >= 4 is 29.2 Å². The topological polar surface area (TPSA) is 32.9 Å². The van der Waals surface area contributed by atoms with Gasteiger partial charge in [-0.1, -0.05) is 0 Å². The molecule has 0 aliphatic heterocycles. The number of hydrogen-bond donors (Lipinski definition) is 1. The average Bonchev–Trinajstić information content (AvgIpc) is 1.83. The Morgan fingerprint density at radius 2 is 2.22 bits per heavy atom. The van der Waals surface area contributed by atoms with Crippen LogP contribution in [0.4, 0.5) is 0 Å². The lowest BCUT2D eigenvalue weighted by Crippen LogP contribution is -2.25. The molecule has 44 valence electrons. The summed E-state index contributed by atoms with van der Waals surface area (Å²) in [4.78, 5) is 13.5. The molecule has 0 atom stereocenters. The minimum absolute atomic E-state index is 0.172. The maximum atomic E-state index is 10.8. The summed E-state index contributed by atoms with van der Waals surface area (Å²) in [5.74, 6) is 0. The van der Waals surface area contributed by atoms with Gasteiger partial charge in [0, 0.05) is 6.20 Å². The third kappa shape index (κ3) is 1.24. The smallest absolute Gasteiger partial charge is 0.188 e. The number of hydrogen-bond acceptors (Lipinski definition) is 1. The zero-order valence-corrected chi connectivity index (χ0v) is 6.10. The van der Waals surface area contributed by atoms with Gasteiger partial charge in [0.2, 0.25) is 0 Å². The number of H-pyrrole nitrogens is 1. The van der Waals surface area contributed by atoms with Crippen molar-refractivity contribution in [2.75, 3.05) is 0 Å². The summed E-state index contributed by atoms with van der Waals surface area (Å²) in [5, 5.41) is 0. The quantitative estimate of drug-likeness (QED) is 0.562. The van der Waals surface area contributed by atoms with Crippen LogP contribution in [0.5, 0.6) is 0 Å². The highest BCUT2D eigenvalue weighted by atomic mass is 79.9. The van der Waals surface area contributed by atoms with Crippen LogP contribution in [-0.2, 0) is 0 Å². The van der Waals surface area contributed by atoms with Crippen molar-refractivity contribution in [3.8, 4) is 0 Å². The van der Waals surface area contributed by atoms with Crippen LogP contribution in [0.1, 0.15) is 0 Å². The molecule has 0 aliphatic carbocycles. The van der Waals surface area contributed by atoms with Crippen molar-refractivity contribution in [3.05, 3.63) is 27.1 Å². The second-order valence-corrected chi connectivity index (χ2v) is 2.44. The second-order valence-electron chi connectivity index (χ2n) is 1.59.